The van der Waals surface area contributed by atoms with Gasteiger partial charge in [0.1, 0.15) is 10.8 Å². The standard InChI is InChI=1S/C24H22ClF3N6O2/c1-29-16-6-5-15(18(11-16)24(26,27)28)10-17-12-30-20-14-32(7-8-33(17)20)19-13-31-34(23(35)22(19)25)21-4-2-3-9-36-21/h5-6,11-13,21H,2-4,7-10,14H2. The van der Waals surface area contributed by atoms with Gasteiger partial charge in [-0.25, -0.2) is 9.83 Å². The van der Waals surface area contributed by atoms with Crippen LogP contribution in [0.5, 0.6) is 0 Å². The van der Waals surface area contributed by atoms with E-state index in [1.807, 2.05) is 9.47 Å². The summed E-state index contributed by atoms with van der Waals surface area (Å²) in [5.74, 6) is 0.651. The van der Waals surface area contributed by atoms with Crippen molar-refractivity contribution in [2.24, 2.45) is 0 Å². The number of hydrogen-bond acceptors (Lipinski definition) is 5. The molecule has 188 valence electrons. The molecule has 0 N–H and O–H groups in total. The van der Waals surface area contributed by atoms with Crippen LogP contribution in [0, 0.1) is 6.57 Å². The van der Waals surface area contributed by atoms with Crippen molar-refractivity contribution in [2.75, 3.05) is 18.1 Å². The summed E-state index contributed by atoms with van der Waals surface area (Å²) in [5.41, 5.74) is -0.0821. The molecule has 1 fully saturated rings. The molecule has 0 saturated carbocycles. The van der Waals surface area contributed by atoms with Crippen molar-refractivity contribution in [2.45, 2.75) is 51.2 Å². The molecule has 5 rings (SSSR count). The minimum Gasteiger partial charge on any atom is -0.360 e. The predicted molar refractivity (Wildman–Crippen MR) is 126 cm³/mol. The minimum atomic E-state index is -4.57. The summed E-state index contributed by atoms with van der Waals surface area (Å²) >= 11 is 6.45. The Labute approximate surface area is 209 Å². The van der Waals surface area contributed by atoms with Gasteiger partial charge in [-0.3, -0.25) is 4.79 Å². The van der Waals surface area contributed by atoms with Gasteiger partial charge in [-0.05, 0) is 30.9 Å². The number of imidazole rings is 1. The van der Waals surface area contributed by atoms with E-state index in [1.165, 1.54) is 16.8 Å². The molecule has 0 spiro atoms. The fourth-order valence-electron chi connectivity index (χ4n) is 4.70. The molecule has 0 bridgehead atoms. The summed E-state index contributed by atoms with van der Waals surface area (Å²) in [6.45, 7) is 8.85. The van der Waals surface area contributed by atoms with Crippen LogP contribution < -0.4 is 10.5 Å². The zero-order valence-electron chi connectivity index (χ0n) is 19.1. The number of hydrogen-bond donors (Lipinski definition) is 0. The van der Waals surface area contributed by atoms with E-state index < -0.39 is 23.5 Å². The highest BCUT2D eigenvalue weighted by Gasteiger charge is 2.34. The van der Waals surface area contributed by atoms with Crippen LogP contribution in [0.4, 0.5) is 24.5 Å². The normalized spacial score (nSPS) is 18.1. The molecule has 36 heavy (non-hydrogen) atoms. The molecule has 8 nitrogen and oxygen atoms in total. The van der Waals surface area contributed by atoms with Crippen molar-refractivity contribution in [3.05, 3.63) is 80.0 Å². The Morgan fingerprint density at radius 3 is 2.78 bits per heavy atom. The molecule has 12 heteroatoms. The maximum Gasteiger partial charge on any atom is 0.415 e. The van der Waals surface area contributed by atoms with Gasteiger partial charge in [-0.15, -0.1) is 0 Å². The molecule has 2 aliphatic heterocycles. The number of fused-ring (bicyclic) bond motifs is 1. The van der Waals surface area contributed by atoms with Gasteiger partial charge in [0.2, 0.25) is 0 Å². The molecule has 1 unspecified atom stereocenters. The van der Waals surface area contributed by atoms with Gasteiger partial charge < -0.3 is 14.2 Å². The quantitative estimate of drug-likeness (QED) is 0.456. The summed E-state index contributed by atoms with van der Waals surface area (Å²) in [7, 11) is 0. The topological polar surface area (TPSA) is 69.5 Å². The van der Waals surface area contributed by atoms with Gasteiger partial charge in [-0.1, -0.05) is 23.7 Å². The molecular formula is C24H22ClF3N6O2. The molecule has 3 aromatic rings. The van der Waals surface area contributed by atoms with Gasteiger partial charge in [0.05, 0.1) is 25.0 Å². The first-order valence-electron chi connectivity index (χ1n) is 11.5. The van der Waals surface area contributed by atoms with E-state index in [-0.39, 0.29) is 22.7 Å². The fourth-order valence-corrected chi connectivity index (χ4v) is 4.95. The highest BCUT2D eigenvalue weighted by atomic mass is 35.5. The van der Waals surface area contributed by atoms with Crippen LogP contribution in [0.25, 0.3) is 4.85 Å². The Morgan fingerprint density at radius 2 is 2.06 bits per heavy atom. The third-order valence-corrected chi connectivity index (χ3v) is 6.90. The summed E-state index contributed by atoms with van der Waals surface area (Å²) in [6.07, 6.45) is 0.751. The van der Waals surface area contributed by atoms with Crippen molar-refractivity contribution < 1.29 is 17.9 Å². The highest BCUT2D eigenvalue weighted by Crippen LogP contribution is 2.36. The van der Waals surface area contributed by atoms with Crippen LogP contribution >= 0.6 is 11.6 Å². The zero-order valence-corrected chi connectivity index (χ0v) is 19.9. The SMILES string of the molecule is [C-]#[N+]c1ccc(Cc2cnc3n2CCN(c2cnn(C4CCCCO4)c(=O)c2Cl)C3)c(C(F)(F)F)c1. The maximum absolute atomic E-state index is 13.6. The second-order valence-electron chi connectivity index (χ2n) is 8.78. The monoisotopic (exact) mass is 518 g/mol. The molecule has 1 saturated heterocycles. The predicted octanol–water partition coefficient (Wildman–Crippen LogP) is 4.97. The minimum absolute atomic E-state index is 0.0276. The largest absolute Gasteiger partial charge is 0.415 e. The van der Waals surface area contributed by atoms with E-state index in [9.17, 15) is 18.0 Å². The summed E-state index contributed by atoms with van der Waals surface area (Å²) in [5, 5.41) is 4.35. The first-order chi connectivity index (χ1) is 17.3. The number of benzene rings is 1. The van der Waals surface area contributed by atoms with Crippen molar-refractivity contribution in [3.63, 3.8) is 0 Å². The molecule has 2 aromatic heterocycles. The Hall–Kier alpha value is -3.36. The Bertz CT molecular complexity index is 1390. The van der Waals surface area contributed by atoms with Crippen LogP contribution in [0.2, 0.25) is 5.02 Å². The third-order valence-electron chi connectivity index (χ3n) is 6.54. The summed E-state index contributed by atoms with van der Waals surface area (Å²) < 4.78 is 49.6. The van der Waals surface area contributed by atoms with E-state index >= 15 is 0 Å². The van der Waals surface area contributed by atoms with E-state index in [0.29, 0.717) is 49.9 Å². The van der Waals surface area contributed by atoms with Crippen molar-refractivity contribution in [1.29, 1.82) is 0 Å². The fraction of sp³-hybridized carbons (Fsp3) is 0.417. The zero-order chi connectivity index (χ0) is 25.4. The Kier molecular flexibility index (Phi) is 6.49. The number of halogens is 4. The summed E-state index contributed by atoms with van der Waals surface area (Å²) in [4.78, 5) is 22.3. The number of ether oxygens (including phenoxy) is 1. The van der Waals surface area contributed by atoms with Crippen molar-refractivity contribution in [1.82, 2.24) is 19.3 Å². The second-order valence-corrected chi connectivity index (χ2v) is 9.16. The van der Waals surface area contributed by atoms with Gasteiger partial charge in [-0.2, -0.15) is 23.0 Å². The molecular weight excluding hydrogens is 497 g/mol. The number of rotatable bonds is 4. The van der Waals surface area contributed by atoms with Crippen molar-refractivity contribution >= 4 is 23.0 Å². The number of alkyl halides is 3. The lowest BCUT2D eigenvalue weighted by Crippen LogP contribution is -2.37. The van der Waals surface area contributed by atoms with Gasteiger partial charge in [0.15, 0.2) is 11.9 Å². The molecule has 0 radical (unpaired) electrons. The molecule has 2 aliphatic rings. The maximum atomic E-state index is 13.6. The average Bonchev–Trinajstić information content (AvgIpc) is 3.27. The van der Waals surface area contributed by atoms with Crippen LogP contribution in [0.1, 0.15) is 48.1 Å². The third kappa shape index (κ3) is 4.58. The number of nitrogens with zero attached hydrogens (tertiary/aromatic N) is 6. The van der Waals surface area contributed by atoms with Crippen LogP contribution in [0.3, 0.4) is 0 Å². The molecule has 1 atom stereocenters. The van der Waals surface area contributed by atoms with Crippen molar-refractivity contribution in [3.8, 4) is 0 Å². The van der Waals surface area contributed by atoms with Crippen LogP contribution in [-0.2, 0) is 30.4 Å². The lowest BCUT2D eigenvalue weighted by Gasteiger charge is -2.31. The smallest absolute Gasteiger partial charge is 0.360 e. The van der Waals surface area contributed by atoms with E-state index in [2.05, 4.69) is 14.9 Å². The second kappa shape index (κ2) is 9.59. The van der Waals surface area contributed by atoms with Gasteiger partial charge in [0.25, 0.3) is 5.56 Å². The van der Waals surface area contributed by atoms with Gasteiger partial charge in [0, 0.05) is 43.6 Å². The van der Waals surface area contributed by atoms with E-state index in [1.54, 1.807) is 12.4 Å². The van der Waals surface area contributed by atoms with Gasteiger partial charge >= 0.3 is 6.18 Å². The van der Waals surface area contributed by atoms with E-state index in [4.69, 9.17) is 22.9 Å². The lowest BCUT2D eigenvalue weighted by atomic mass is 10.0. The molecule has 1 aromatic carbocycles. The highest BCUT2D eigenvalue weighted by molar-refractivity contribution is 6.33. The number of aromatic nitrogens is 4. The number of anilines is 1. The average molecular weight is 519 g/mol. The molecule has 4 heterocycles. The molecule has 0 aliphatic carbocycles. The first-order valence-corrected chi connectivity index (χ1v) is 11.9. The Balaban J connectivity index is 1.38. The summed E-state index contributed by atoms with van der Waals surface area (Å²) in [6, 6.07) is 3.62. The van der Waals surface area contributed by atoms with Crippen LogP contribution in [0.15, 0.2) is 35.4 Å². The van der Waals surface area contributed by atoms with Crippen LogP contribution in [-0.4, -0.2) is 32.5 Å². The van der Waals surface area contributed by atoms with E-state index in [0.717, 1.165) is 18.9 Å². The molecule has 0 amide bonds. The Morgan fingerprint density at radius 1 is 1.22 bits per heavy atom. The first kappa shape index (κ1) is 24.3. The lowest BCUT2D eigenvalue weighted by molar-refractivity contribution is -0.138.